The molecule has 4 N–H and O–H groups in total. The van der Waals surface area contributed by atoms with E-state index in [0.717, 1.165) is 5.69 Å². The van der Waals surface area contributed by atoms with Crippen LogP contribution >= 0.6 is 0 Å². The molecule has 0 aliphatic rings. The average molecular weight is 277 g/mol. The van der Waals surface area contributed by atoms with Crippen molar-refractivity contribution in [2.75, 3.05) is 0 Å². The molecular formula is C12H15N5O3. The van der Waals surface area contributed by atoms with Crippen LogP contribution < -0.4 is 16.6 Å². The molecule has 0 radical (unpaired) electrons. The van der Waals surface area contributed by atoms with Crippen LogP contribution in [0.1, 0.15) is 23.4 Å². The minimum Gasteiger partial charge on any atom is -0.350 e. The number of nitrogens with zero attached hydrogens (tertiary/aromatic N) is 1. The number of rotatable bonds is 5. The SMILES string of the molecule is Cc1[nH]c(=O)[nH]c(=O)c1CCC(=O)NCc1cnc[nH]1. The highest BCUT2D eigenvalue weighted by Gasteiger charge is 2.09. The van der Waals surface area contributed by atoms with E-state index in [1.807, 2.05) is 0 Å². The average Bonchev–Trinajstić information content (AvgIpc) is 2.88. The molecule has 0 unspecified atom stereocenters. The van der Waals surface area contributed by atoms with Gasteiger partial charge in [0.25, 0.3) is 5.56 Å². The molecule has 0 atom stereocenters. The Morgan fingerprint density at radius 1 is 1.35 bits per heavy atom. The highest BCUT2D eigenvalue weighted by atomic mass is 16.2. The normalized spacial score (nSPS) is 10.4. The molecule has 106 valence electrons. The Morgan fingerprint density at radius 2 is 2.15 bits per heavy atom. The smallest absolute Gasteiger partial charge is 0.325 e. The van der Waals surface area contributed by atoms with Gasteiger partial charge in [0.2, 0.25) is 5.91 Å². The first kappa shape index (κ1) is 13.8. The monoisotopic (exact) mass is 277 g/mol. The van der Waals surface area contributed by atoms with Crippen LogP contribution in [0.5, 0.6) is 0 Å². The zero-order valence-electron chi connectivity index (χ0n) is 10.9. The molecule has 0 saturated heterocycles. The van der Waals surface area contributed by atoms with Gasteiger partial charge < -0.3 is 15.3 Å². The van der Waals surface area contributed by atoms with E-state index < -0.39 is 11.2 Å². The number of aromatic nitrogens is 4. The topological polar surface area (TPSA) is 124 Å². The second-order valence-electron chi connectivity index (χ2n) is 4.37. The maximum absolute atomic E-state index is 11.7. The predicted octanol–water partition coefficient (Wildman–Crippen LogP) is -0.656. The fourth-order valence-corrected chi connectivity index (χ4v) is 1.83. The fraction of sp³-hybridized carbons (Fsp3) is 0.333. The number of H-pyrrole nitrogens is 3. The summed E-state index contributed by atoms with van der Waals surface area (Å²) in [5.41, 5.74) is 0.713. The molecule has 0 aliphatic carbocycles. The number of aryl methyl sites for hydroxylation is 1. The number of nitrogens with one attached hydrogen (secondary N) is 4. The molecule has 0 bridgehead atoms. The molecule has 0 fully saturated rings. The third-order valence-corrected chi connectivity index (χ3v) is 2.89. The Morgan fingerprint density at radius 3 is 2.80 bits per heavy atom. The second-order valence-corrected chi connectivity index (χ2v) is 4.37. The van der Waals surface area contributed by atoms with E-state index in [4.69, 9.17) is 0 Å². The highest BCUT2D eigenvalue weighted by molar-refractivity contribution is 5.76. The van der Waals surface area contributed by atoms with Gasteiger partial charge in [-0.25, -0.2) is 9.78 Å². The maximum Gasteiger partial charge on any atom is 0.325 e. The maximum atomic E-state index is 11.7. The summed E-state index contributed by atoms with van der Waals surface area (Å²) in [6.45, 7) is 1.99. The minimum atomic E-state index is -0.542. The summed E-state index contributed by atoms with van der Waals surface area (Å²) in [5.74, 6) is -0.176. The Labute approximate surface area is 113 Å². The molecule has 2 heterocycles. The zero-order valence-corrected chi connectivity index (χ0v) is 10.9. The number of hydrogen-bond donors (Lipinski definition) is 4. The van der Waals surface area contributed by atoms with E-state index in [-0.39, 0.29) is 18.7 Å². The van der Waals surface area contributed by atoms with Crippen molar-refractivity contribution in [3.8, 4) is 0 Å². The minimum absolute atomic E-state index is 0.171. The highest BCUT2D eigenvalue weighted by Crippen LogP contribution is 2.00. The lowest BCUT2D eigenvalue weighted by Gasteiger charge is -2.05. The Balaban J connectivity index is 1.90. The van der Waals surface area contributed by atoms with Gasteiger partial charge in [-0.3, -0.25) is 14.6 Å². The third-order valence-electron chi connectivity index (χ3n) is 2.89. The summed E-state index contributed by atoms with van der Waals surface area (Å²) < 4.78 is 0. The Kier molecular flexibility index (Phi) is 4.14. The lowest BCUT2D eigenvalue weighted by molar-refractivity contribution is -0.121. The molecule has 1 amide bonds. The van der Waals surface area contributed by atoms with Crippen molar-refractivity contribution in [2.45, 2.75) is 26.3 Å². The first-order valence-corrected chi connectivity index (χ1v) is 6.12. The van der Waals surface area contributed by atoms with E-state index in [9.17, 15) is 14.4 Å². The number of amides is 1. The van der Waals surface area contributed by atoms with E-state index in [2.05, 4.69) is 25.3 Å². The lowest BCUT2D eigenvalue weighted by atomic mass is 10.1. The van der Waals surface area contributed by atoms with Crippen molar-refractivity contribution >= 4 is 5.91 Å². The summed E-state index contributed by atoms with van der Waals surface area (Å²) in [7, 11) is 0. The molecule has 0 saturated carbocycles. The van der Waals surface area contributed by atoms with Crippen LogP contribution in [0.2, 0.25) is 0 Å². The molecular weight excluding hydrogens is 262 g/mol. The molecule has 2 rings (SSSR count). The van der Waals surface area contributed by atoms with Gasteiger partial charge in [-0.1, -0.05) is 0 Å². The predicted molar refractivity (Wildman–Crippen MR) is 71.2 cm³/mol. The molecule has 0 aliphatic heterocycles. The largest absolute Gasteiger partial charge is 0.350 e. The van der Waals surface area contributed by atoms with Gasteiger partial charge in [-0.15, -0.1) is 0 Å². The van der Waals surface area contributed by atoms with E-state index >= 15 is 0 Å². The number of aromatic amines is 3. The van der Waals surface area contributed by atoms with Crippen LogP contribution in [-0.4, -0.2) is 25.8 Å². The molecule has 0 aromatic carbocycles. The van der Waals surface area contributed by atoms with Gasteiger partial charge in [-0.2, -0.15) is 0 Å². The molecule has 0 spiro atoms. The van der Waals surface area contributed by atoms with Gasteiger partial charge >= 0.3 is 5.69 Å². The van der Waals surface area contributed by atoms with Crippen molar-refractivity contribution in [1.82, 2.24) is 25.3 Å². The molecule has 20 heavy (non-hydrogen) atoms. The summed E-state index contributed by atoms with van der Waals surface area (Å²) in [4.78, 5) is 45.7. The van der Waals surface area contributed by atoms with Crippen molar-refractivity contribution in [3.63, 3.8) is 0 Å². The van der Waals surface area contributed by atoms with E-state index in [1.165, 1.54) is 6.33 Å². The van der Waals surface area contributed by atoms with Crippen molar-refractivity contribution in [1.29, 1.82) is 0 Å². The first-order chi connectivity index (χ1) is 9.56. The molecule has 8 nitrogen and oxygen atoms in total. The molecule has 2 aromatic heterocycles. The van der Waals surface area contributed by atoms with Crippen molar-refractivity contribution in [2.24, 2.45) is 0 Å². The molecule has 8 heteroatoms. The van der Waals surface area contributed by atoms with Gasteiger partial charge in [0.15, 0.2) is 0 Å². The van der Waals surface area contributed by atoms with Crippen LogP contribution in [-0.2, 0) is 17.8 Å². The Hall–Kier alpha value is -2.64. The van der Waals surface area contributed by atoms with Crippen LogP contribution in [0.15, 0.2) is 22.1 Å². The van der Waals surface area contributed by atoms with Crippen molar-refractivity contribution < 1.29 is 4.79 Å². The van der Waals surface area contributed by atoms with Gasteiger partial charge in [-0.05, 0) is 13.3 Å². The number of hydrogen-bond acceptors (Lipinski definition) is 4. The number of carbonyl (C=O) groups is 1. The number of imidazole rings is 1. The summed E-state index contributed by atoms with van der Waals surface area (Å²) in [5, 5.41) is 2.71. The molecule has 2 aromatic rings. The second kappa shape index (κ2) is 6.00. The zero-order chi connectivity index (χ0) is 14.5. The fourth-order valence-electron chi connectivity index (χ4n) is 1.83. The standard InChI is InChI=1S/C12H15N5O3/c1-7-9(11(19)17-12(20)16-7)2-3-10(18)14-5-8-4-13-6-15-8/h4,6H,2-3,5H2,1H3,(H,13,15)(H,14,18)(H2,16,17,19,20). The third kappa shape index (κ3) is 3.44. The van der Waals surface area contributed by atoms with Crippen LogP contribution in [0.25, 0.3) is 0 Å². The van der Waals surface area contributed by atoms with E-state index in [1.54, 1.807) is 13.1 Å². The summed E-state index contributed by atoms with van der Waals surface area (Å²) >= 11 is 0. The number of carbonyl (C=O) groups excluding carboxylic acids is 1. The van der Waals surface area contributed by atoms with Crippen LogP contribution in [0.4, 0.5) is 0 Å². The summed E-state index contributed by atoms with van der Waals surface area (Å²) in [6, 6.07) is 0. The first-order valence-electron chi connectivity index (χ1n) is 6.12. The van der Waals surface area contributed by atoms with Gasteiger partial charge in [0.1, 0.15) is 0 Å². The van der Waals surface area contributed by atoms with Gasteiger partial charge in [0, 0.05) is 23.9 Å². The van der Waals surface area contributed by atoms with Crippen LogP contribution in [0.3, 0.4) is 0 Å². The summed E-state index contributed by atoms with van der Waals surface area (Å²) in [6.07, 6.45) is 3.60. The van der Waals surface area contributed by atoms with Crippen molar-refractivity contribution in [3.05, 3.63) is 50.3 Å². The van der Waals surface area contributed by atoms with Gasteiger partial charge in [0.05, 0.1) is 18.6 Å². The van der Waals surface area contributed by atoms with Crippen LogP contribution in [0, 0.1) is 6.92 Å². The Bertz CT molecular complexity index is 699. The lowest BCUT2D eigenvalue weighted by Crippen LogP contribution is -2.29. The van der Waals surface area contributed by atoms with E-state index in [0.29, 0.717) is 17.8 Å². The quantitative estimate of drug-likeness (QED) is 0.579.